The second-order valence-corrected chi connectivity index (χ2v) is 16.5. The molecular weight excluding hydrogens is 869 g/mol. The summed E-state index contributed by atoms with van der Waals surface area (Å²) in [6.07, 6.45) is 9.83. The molecule has 11 heteroatoms. The van der Waals surface area contributed by atoms with Gasteiger partial charge in [-0.2, -0.15) is 0 Å². The van der Waals surface area contributed by atoms with Crippen molar-refractivity contribution in [2.75, 3.05) is 13.2 Å². The Hall–Kier alpha value is -7.86. The fourth-order valence-corrected chi connectivity index (χ4v) is 7.42. The van der Waals surface area contributed by atoms with Crippen LogP contribution in [0.2, 0.25) is 0 Å². The summed E-state index contributed by atoms with van der Waals surface area (Å²) in [4.78, 5) is 74.9. The first-order valence-electron chi connectivity index (χ1n) is 23.0. The highest BCUT2D eigenvalue weighted by Crippen LogP contribution is 2.16. The predicted octanol–water partition coefficient (Wildman–Crippen LogP) is 8.90. The summed E-state index contributed by atoms with van der Waals surface area (Å²) in [5, 5.41) is 14.7. The molecule has 69 heavy (non-hydrogen) atoms. The van der Waals surface area contributed by atoms with Crippen LogP contribution in [-0.4, -0.2) is 71.8 Å². The Morgan fingerprint density at radius 3 is 1.36 bits per heavy atom. The molecule has 1 aliphatic heterocycles. The minimum absolute atomic E-state index is 0.0371. The maximum absolute atomic E-state index is 13.3. The van der Waals surface area contributed by atoms with Crippen LogP contribution in [-0.2, 0) is 54.3 Å². The summed E-state index contributed by atoms with van der Waals surface area (Å²) < 4.78 is 11.1. The summed E-state index contributed by atoms with van der Waals surface area (Å²) in [6.45, 7) is 0.626. The zero-order chi connectivity index (χ0) is 48.6. The quantitative estimate of drug-likeness (QED) is 0.0472. The Labute approximate surface area is 402 Å². The van der Waals surface area contributed by atoms with Gasteiger partial charge in [-0.05, 0) is 89.8 Å². The Bertz CT molecular complexity index is 2650. The van der Waals surface area contributed by atoms with Gasteiger partial charge in [0.1, 0.15) is 6.61 Å². The van der Waals surface area contributed by atoms with E-state index in [9.17, 15) is 28.8 Å². The molecule has 6 aromatic rings. The van der Waals surface area contributed by atoms with Gasteiger partial charge in [0.25, 0.3) is 0 Å². The lowest BCUT2D eigenvalue weighted by Crippen LogP contribution is -2.42. The van der Waals surface area contributed by atoms with E-state index in [1.807, 2.05) is 121 Å². The number of benzene rings is 6. The zero-order valence-corrected chi connectivity index (χ0v) is 38.3. The van der Waals surface area contributed by atoms with Crippen LogP contribution in [0.15, 0.2) is 182 Å². The lowest BCUT2D eigenvalue weighted by atomic mass is 9.97. The Morgan fingerprint density at radius 2 is 0.957 bits per heavy atom. The average Bonchev–Trinajstić information content (AvgIpc) is 3.38. The van der Waals surface area contributed by atoms with Crippen LogP contribution in [0.1, 0.15) is 73.4 Å². The topological polar surface area (TPSA) is 165 Å². The molecule has 0 bridgehead atoms. The van der Waals surface area contributed by atoms with Crippen molar-refractivity contribution < 1.29 is 43.3 Å². The third-order valence-corrected chi connectivity index (χ3v) is 11.2. The summed E-state index contributed by atoms with van der Waals surface area (Å²) in [5.74, 6) is -2.07. The Balaban J connectivity index is 0.000000232. The maximum atomic E-state index is 13.3. The van der Waals surface area contributed by atoms with Crippen molar-refractivity contribution in [3.63, 3.8) is 0 Å². The molecule has 0 saturated carbocycles. The third kappa shape index (κ3) is 17.7. The normalized spacial score (nSPS) is 14.2. The molecule has 1 aliphatic rings. The second kappa shape index (κ2) is 27.1. The molecule has 2 amide bonds. The smallest absolute Gasteiger partial charge is 0.335 e. The fraction of sp³-hybridized carbons (Fsp3) is 0.207. The minimum atomic E-state index is -1.02. The number of carbonyl (C=O) groups excluding carboxylic acids is 5. The molecule has 0 aliphatic carbocycles. The zero-order valence-electron chi connectivity index (χ0n) is 38.3. The summed E-state index contributed by atoms with van der Waals surface area (Å²) in [5.41, 5.74) is 5.85. The number of rotatable bonds is 21. The molecule has 0 radical (unpaired) electrons. The van der Waals surface area contributed by atoms with Gasteiger partial charge in [0.15, 0.2) is 23.6 Å². The van der Waals surface area contributed by atoms with Gasteiger partial charge in [-0.1, -0.05) is 158 Å². The van der Waals surface area contributed by atoms with Crippen molar-refractivity contribution in [2.24, 2.45) is 0 Å². The van der Waals surface area contributed by atoms with E-state index < -0.39 is 18.1 Å². The second-order valence-electron chi connectivity index (χ2n) is 16.5. The number of carboxylic acids is 1. The maximum Gasteiger partial charge on any atom is 0.335 e. The van der Waals surface area contributed by atoms with Crippen LogP contribution < -0.4 is 10.6 Å². The molecule has 1 saturated heterocycles. The number of Topliss-reactive ketones (excluding diaryl/α,β-unsaturated/α-hetero) is 3. The molecule has 0 spiro atoms. The molecule has 6 aromatic carbocycles. The van der Waals surface area contributed by atoms with Gasteiger partial charge in [-0.3, -0.25) is 24.0 Å². The van der Waals surface area contributed by atoms with Gasteiger partial charge in [-0.15, -0.1) is 0 Å². The van der Waals surface area contributed by atoms with Gasteiger partial charge in [0.05, 0.1) is 17.6 Å². The van der Waals surface area contributed by atoms with E-state index in [0.717, 1.165) is 47.1 Å². The van der Waals surface area contributed by atoms with E-state index in [1.165, 1.54) is 24.3 Å². The molecule has 11 nitrogen and oxygen atoms in total. The van der Waals surface area contributed by atoms with E-state index in [1.54, 1.807) is 48.6 Å². The standard InChI is InChI=1S/C32H33NO5.C26H23NO4/c34-29(22-26-14-17-27(18-15-26)30(35)23-38-32-13-7-8-20-37-32)28(21-25-11-5-2-6-12-25)33-31(36)19-16-24-9-3-1-4-10-24;28-24(18-21-11-14-22(15-12-21)26(30)31)23(17-20-9-5-2-6-10-20)27-25(29)16-13-19-7-3-1-4-8-19/h1-6,9-12,14-19,28,32H,7-8,13,20-23H2,(H,33,36);1-16,23H,17-18H2,(H,27,29)(H,30,31)/b19-16+;16-13+/t28-,32?;23-/m00/s1. The first kappa shape index (κ1) is 50.6. The van der Waals surface area contributed by atoms with Crippen molar-refractivity contribution in [3.8, 4) is 0 Å². The summed E-state index contributed by atoms with van der Waals surface area (Å²) >= 11 is 0. The van der Waals surface area contributed by atoms with Crippen LogP contribution in [0.3, 0.4) is 0 Å². The first-order chi connectivity index (χ1) is 33.6. The van der Waals surface area contributed by atoms with Crippen LogP contribution >= 0.6 is 0 Å². The highest BCUT2D eigenvalue weighted by Gasteiger charge is 2.23. The molecule has 7 rings (SSSR count). The van der Waals surface area contributed by atoms with Gasteiger partial charge >= 0.3 is 5.97 Å². The van der Waals surface area contributed by atoms with E-state index in [2.05, 4.69) is 10.6 Å². The lowest BCUT2D eigenvalue weighted by Gasteiger charge is -2.22. The van der Waals surface area contributed by atoms with Crippen molar-refractivity contribution in [1.29, 1.82) is 0 Å². The molecule has 1 unspecified atom stereocenters. The number of hydrogen-bond donors (Lipinski definition) is 3. The van der Waals surface area contributed by atoms with E-state index in [0.29, 0.717) is 30.6 Å². The van der Waals surface area contributed by atoms with Crippen LogP contribution in [0.4, 0.5) is 0 Å². The number of ketones is 3. The molecule has 3 atom stereocenters. The molecule has 3 N–H and O–H groups in total. The molecule has 352 valence electrons. The molecule has 1 fully saturated rings. The molecule has 1 heterocycles. The van der Waals surface area contributed by atoms with E-state index in [4.69, 9.17) is 14.6 Å². The lowest BCUT2D eigenvalue weighted by molar-refractivity contribution is -0.155. The van der Waals surface area contributed by atoms with Crippen molar-refractivity contribution in [1.82, 2.24) is 10.6 Å². The summed E-state index contributed by atoms with van der Waals surface area (Å²) in [7, 11) is 0. The van der Waals surface area contributed by atoms with Gasteiger partial charge in [-0.25, -0.2) is 4.79 Å². The fourth-order valence-electron chi connectivity index (χ4n) is 7.42. The third-order valence-electron chi connectivity index (χ3n) is 11.2. The largest absolute Gasteiger partial charge is 0.478 e. The Morgan fingerprint density at radius 1 is 0.536 bits per heavy atom. The first-order valence-corrected chi connectivity index (χ1v) is 23.0. The van der Waals surface area contributed by atoms with Crippen molar-refractivity contribution >= 4 is 47.3 Å². The van der Waals surface area contributed by atoms with E-state index >= 15 is 0 Å². The number of ether oxygens (including phenoxy) is 2. The van der Waals surface area contributed by atoms with Gasteiger partial charge < -0.3 is 25.2 Å². The van der Waals surface area contributed by atoms with Crippen LogP contribution in [0.25, 0.3) is 12.2 Å². The van der Waals surface area contributed by atoms with Crippen LogP contribution in [0, 0.1) is 0 Å². The number of nitrogens with one attached hydrogen (secondary N) is 2. The minimum Gasteiger partial charge on any atom is -0.478 e. The monoisotopic (exact) mass is 924 g/mol. The predicted molar refractivity (Wildman–Crippen MR) is 266 cm³/mol. The van der Waals surface area contributed by atoms with Crippen molar-refractivity contribution in [3.05, 3.63) is 227 Å². The highest BCUT2D eigenvalue weighted by molar-refractivity contribution is 5.99. The average molecular weight is 925 g/mol. The van der Waals surface area contributed by atoms with Gasteiger partial charge in [0.2, 0.25) is 11.8 Å². The summed E-state index contributed by atoms with van der Waals surface area (Å²) in [6, 6.07) is 49.8. The number of carbonyl (C=O) groups is 6. The SMILES string of the molecule is O=C(/C=C/c1ccccc1)N[C@@H](Cc1ccccc1)C(=O)Cc1ccc(C(=O)COC2CCCCO2)cc1.O=C(/C=C/c1ccccc1)N[C@@H](Cc1ccccc1)C(=O)Cc1ccc(C(=O)O)cc1. The van der Waals surface area contributed by atoms with E-state index in [-0.39, 0.29) is 60.5 Å². The number of amides is 2. The molecular formula is C58H56N2O9. The van der Waals surface area contributed by atoms with Crippen LogP contribution in [0.5, 0.6) is 0 Å². The highest BCUT2D eigenvalue weighted by atomic mass is 16.7. The Kier molecular flexibility index (Phi) is 19.8. The number of carboxylic acid groups (broad SMARTS) is 1. The number of aromatic carboxylic acids is 1. The number of hydrogen-bond acceptors (Lipinski definition) is 8. The van der Waals surface area contributed by atoms with Crippen molar-refractivity contribution in [2.45, 2.75) is 63.3 Å². The van der Waals surface area contributed by atoms with Gasteiger partial charge in [0, 0.05) is 37.2 Å². The molecule has 0 aromatic heterocycles.